The van der Waals surface area contributed by atoms with E-state index in [1.807, 2.05) is 6.08 Å². The van der Waals surface area contributed by atoms with E-state index in [4.69, 9.17) is 0 Å². The predicted molar refractivity (Wildman–Crippen MR) is 118 cm³/mol. The smallest absolute Gasteiger partial charge is 0.155 e. The van der Waals surface area contributed by atoms with Crippen molar-refractivity contribution in [1.82, 2.24) is 0 Å². The molecule has 0 amide bonds. The van der Waals surface area contributed by atoms with Crippen LogP contribution in [0.3, 0.4) is 0 Å². The van der Waals surface area contributed by atoms with Crippen LogP contribution in [-0.4, -0.2) is 5.78 Å². The average Bonchev–Trinajstić information content (AvgIpc) is 2.99. The summed E-state index contributed by atoms with van der Waals surface area (Å²) in [7, 11) is 0. The van der Waals surface area contributed by atoms with E-state index >= 15 is 0 Å². The summed E-state index contributed by atoms with van der Waals surface area (Å²) in [6.45, 7) is 12.2. The first kappa shape index (κ1) is 20.4. The highest BCUT2D eigenvalue weighted by atomic mass is 16.1. The van der Waals surface area contributed by atoms with Gasteiger partial charge < -0.3 is 0 Å². The Morgan fingerprint density at radius 3 is 2.61 bits per heavy atom. The molecule has 0 aromatic rings. The summed E-state index contributed by atoms with van der Waals surface area (Å²) in [5, 5.41) is 0. The van der Waals surface area contributed by atoms with Gasteiger partial charge in [-0.25, -0.2) is 0 Å². The van der Waals surface area contributed by atoms with Gasteiger partial charge in [-0.2, -0.15) is 0 Å². The molecule has 0 saturated heterocycles. The fourth-order valence-electron chi connectivity index (χ4n) is 8.24. The van der Waals surface area contributed by atoms with Crippen molar-refractivity contribution >= 4 is 5.78 Å². The Kier molecular flexibility index (Phi) is 5.43. The molecule has 4 rings (SSSR count). The zero-order valence-electron chi connectivity index (χ0n) is 18.9. The van der Waals surface area contributed by atoms with Gasteiger partial charge in [0.25, 0.3) is 0 Å². The third-order valence-corrected chi connectivity index (χ3v) is 9.80. The number of rotatable bonds is 4. The summed E-state index contributed by atoms with van der Waals surface area (Å²) >= 11 is 0. The molecule has 0 spiro atoms. The third kappa shape index (κ3) is 3.25. The molecule has 0 N–H and O–H groups in total. The van der Waals surface area contributed by atoms with Gasteiger partial charge in [0.1, 0.15) is 0 Å². The van der Waals surface area contributed by atoms with Crippen molar-refractivity contribution in [2.45, 2.75) is 86.0 Å². The van der Waals surface area contributed by atoms with Crippen LogP contribution in [0.2, 0.25) is 0 Å². The summed E-state index contributed by atoms with van der Waals surface area (Å²) in [5.74, 6) is 5.89. The van der Waals surface area contributed by atoms with Crippen LogP contribution in [0.1, 0.15) is 86.0 Å². The SMILES string of the molecule is CC(C)C/C=C/[C@@H](C)[C@H]1CC[C@H]2[C@@H]3CC[C@H]4CC(=O)C=C[C@]4(C)[C@H]3CC[C@]12C. The first-order chi connectivity index (χ1) is 13.3. The number of carbonyl (C=O) groups excluding carboxylic acids is 1. The van der Waals surface area contributed by atoms with Gasteiger partial charge in [0.15, 0.2) is 5.78 Å². The molecule has 156 valence electrons. The Labute approximate surface area is 173 Å². The zero-order valence-corrected chi connectivity index (χ0v) is 18.9. The van der Waals surface area contributed by atoms with Gasteiger partial charge in [0, 0.05) is 6.42 Å². The van der Waals surface area contributed by atoms with E-state index in [-0.39, 0.29) is 5.41 Å². The minimum absolute atomic E-state index is 0.277. The number of carbonyl (C=O) groups is 1. The molecule has 0 radical (unpaired) electrons. The first-order valence-corrected chi connectivity index (χ1v) is 12.1. The van der Waals surface area contributed by atoms with E-state index in [0.29, 0.717) is 23.0 Å². The molecule has 0 bridgehead atoms. The van der Waals surface area contributed by atoms with Crippen LogP contribution >= 0.6 is 0 Å². The van der Waals surface area contributed by atoms with Crippen molar-refractivity contribution in [1.29, 1.82) is 0 Å². The second-order valence-corrected chi connectivity index (χ2v) is 11.7. The van der Waals surface area contributed by atoms with Gasteiger partial charge in [-0.15, -0.1) is 0 Å². The molecule has 1 heteroatoms. The summed E-state index contributed by atoms with van der Waals surface area (Å²) in [6, 6.07) is 0. The van der Waals surface area contributed by atoms with Crippen molar-refractivity contribution in [3.63, 3.8) is 0 Å². The normalized spacial score (nSPS) is 46.5. The quantitative estimate of drug-likeness (QED) is 0.469. The maximum absolute atomic E-state index is 12.0. The summed E-state index contributed by atoms with van der Waals surface area (Å²) in [5.41, 5.74) is 0.805. The van der Waals surface area contributed by atoms with Crippen LogP contribution in [0, 0.1) is 52.3 Å². The average molecular weight is 383 g/mol. The molecule has 1 nitrogen and oxygen atoms in total. The molecule has 4 aliphatic carbocycles. The molecule has 0 aromatic heterocycles. The molecule has 0 aliphatic heterocycles. The maximum Gasteiger partial charge on any atom is 0.155 e. The molecule has 3 saturated carbocycles. The van der Waals surface area contributed by atoms with Crippen molar-refractivity contribution in [2.24, 2.45) is 52.3 Å². The lowest BCUT2D eigenvalue weighted by atomic mass is 9.45. The Morgan fingerprint density at radius 1 is 1.07 bits per heavy atom. The highest BCUT2D eigenvalue weighted by Gasteiger charge is 2.59. The van der Waals surface area contributed by atoms with Crippen LogP contribution in [-0.2, 0) is 4.79 Å². The van der Waals surface area contributed by atoms with Gasteiger partial charge in [0.05, 0.1) is 0 Å². The summed E-state index contributed by atoms with van der Waals surface area (Å²) in [6.07, 6.45) is 19.6. The molecule has 0 unspecified atom stereocenters. The van der Waals surface area contributed by atoms with Crippen LogP contribution < -0.4 is 0 Å². The van der Waals surface area contributed by atoms with Crippen molar-refractivity contribution in [2.75, 3.05) is 0 Å². The van der Waals surface area contributed by atoms with E-state index in [9.17, 15) is 4.79 Å². The molecule has 0 heterocycles. The van der Waals surface area contributed by atoms with E-state index in [2.05, 4.69) is 52.8 Å². The van der Waals surface area contributed by atoms with Crippen LogP contribution in [0.15, 0.2) is 24.3 Å². The molecule has 0 aromatic carbocycles. The zero-order chi connectivity index (χ0) is 20.1. The van der Waals surface area contributed by atoms with Crippen molar-refractivity contribution in [3.05, 3.63) is 24.3 Å². The minimum Gasteiger partial charge on any atom is -0.295 e. The fourth-order valence-corrected chi connectivity index (χ4v) is 8.24. The van der Waals surface area contributed by atoms with E-state index in [1.54, 1.807) is 0 Å². The molecule has 8 atom stereocenters. The monoisotopic (exact) mass is 382 g/mol. The molecule has 28 heavy (non-hydrogen) atoms. The molecular formula is C27H42O. The third-order valence-electron chi connectivity index (χ3n) is 9.80. The van der Waals surface area contributed by atoms with E-state index in [0.717, 1.165) is 36.0 Å². The molecular weight excluding hydrogens is 340 g/mol. The standard InChI is InChI=1S/C27H42O/c1-18(2)7-6-8-19(3)23-11-12-24-22-10-9-20-17-21(28)13-15-26(20,4)25(22)14-16-27(23,24)5/h6,8,13,15,18-20,22-25H,7,9-12,14,16-17H2,1-5H3/b8-6+/t19-,20+,22+,23-,24+,25+,26+,27-/m1/s1. The number of hydrogen-bond donors (Lipinski definition) is 0. The van der Waals surface area contributed by atoms with Gasteiger partial charge >= 0.3 is 0 Å². The van der Waals surface area contributed by atoms with Gasteiger partial charge in [0.2, 0.25) is 0 Å². The second kappa shape index (κ2) is 7.44. The highest BCUT2D eigenvalue weighted by molar-refractivity contribution is 5.91. The highest BCUT2D eigenvalue weighted by Crippen LogP contribution is 2.67. The number of hydrogen-bond acceptors (Lipinski definition) is 1. The Morgan fingerprint density at radius 2 is 1.86 bits per heavy atom. The molecule has 4 aliphatic rings. The second-order valence-electron chi connectivity index (χ2n) is 11.7. The summed E-state index contributed by atoms with van der Waals surface area (Å²) in [4.78, 5) is 12.0. The lowest BCUT2D eigenvalue weighted by Gasteiger charge is -2.59. The number of fused-ring (bicyclic) bond motifs is 5. The molecule has 3 fully saturated rings. The van der Waals surface area contributed by atoms with Crippen molar-refractivity contribution in [3.8, 4) is 0 Å². The fraction of sp³-hybridized carbons (Fsp3) is 0.815. The largest absolute Gasteiger partial charge is 0.295 e. The lowest BCUT2D eigenvalue weighted by Crippen LogP contribution is -2.52. The van der Waals surface area contributed by atoms with E-state index < -0.39 is 0 Å². The Hall–Kier alpha value is -0.850. The minimum atomic E-state index is 0.277. The van der Waals surface area contributed by atoms with Crippen LogP contribution in [0.5, 0.6) is 0 Å². The Balaban J connectivity index is 1.53. The van der Waals surface area contributed by atoms with Crippen LogP contribution in [0.4, 0.5) is 0 Å². The topological polar surface area (TPSA) is 17.1 Å². The predicted octanol–water partition coefficient (Wildman–Crippen LogP) is 7.23. The van der Waals surface area contributed by atoms with Crippen molar-refractivity contribution < 1.29 is 4.79 Å². The van der Waals surface area contributed by atoms with Gasteiger partial charge in [-0.1, -0.05) is 52.8 Å². The number of allylic oxidation sites excluding steroid dienone is 4. The lowest BCUT2D eigenvalue weighted by molar-refractivity contribution is -0.122. The first-order valence-electron chi connectivity index (χ1n) is 12.1. The van der Waals surface area contributed by atoms with Gasteiger partial charge in [-0.3, -0.25) is 4.79 Å². The van der Waals surface area contributed by atoms with Crippen LogP contribution in [0.25, 0.3) is 0 Å². The summed E-state index contributed by atoms with van der Waals surface area (Å²) < 4.78 is 0. The van der Waals surface area contributed by atoms with Gasteiger partial charge in [-0.05, 0) is 103 Å². The van der Waals surface area contributed by atoms with E-state index in [1.165, 1.54) is 44.9 Å². The Bertz CT molecular complexity index is 657. The number of ketones is 1. The maximum atomic E-state index is 12.0.